The predicted octanol–water partition coefficient (Wildman–Crippen LogP) is 1.29. The van der Waals surface area contributed by atoms with Gasteiger partial charge in [0.25, 0.3) is 5.91 Å². The number of carbonyl (C=O) groups excluding carboxylic acids is 1. The number of fused-ring (bicyclic) bond motifs is 1. The van der Waals surface area contributed by atoms with E-state index in [-0.39, 0.29) is 23.5 Å². The van der Waals surface area contributed by atoms with Gasteiger partial charge in [-0.2, -0.15) is 0 Å². The Labute approximate surface area is 177 Å². The molecule has 2 fully saturated rings. The van der Waals surface area contributed by atoms with Crippen LogP contribution < -0.4 is 0 Å². The van der Waals surface area contributed by atoms with E-state index in [1.807, 2.05) is 29.7 Å². The molecule has 0 spiro atoms. The first kappa shape index (κ1) is 21.0. The number of ether oxygens (including phenoxy) is 1. The zero-order valence-corrected chi connectivity index (χ0v) is 18.1. The minimum atomic E-state index is -3.02. The number of amides is 1. The molecule has 0 radical (unpaired) electrons. The summed E-state index contributed by atoms with van der Waals surface area (Å²) in [6.45, 7) is 8.93. The fraction of sp³-hybridized carbons (Fsp3) is 0.524. The number of nitrogens with zero attached hydrogens (tertiary/aromatic N) is 4. The first-order valence-electron chi connectivity index (χ1n) is 10.3. The van der Waals surface area contributed by atoms with Crippen LogP contribution in [0.5, 0.6) is 0 Å². The maximum atomic E-state index is 13.3. The second-order valence-corrected chi connectivity index (χ2v) is 10.2. The van der Waals surface area contributed by atoms with Gasteiger partial charge in [-0.25, -0.2) is 13.4 Å². The fourth-order valence-electron chi connectivity index (χ4n) is 4.26. The molecule has 9 heteroatoms. The highest BCUT2D eigenvalue weighted by molar-refractivity contribution is 7.91. The Morgan fingerprint density at radius 1 is 1.40 bits per heavy atom. The lowest BCUT2D eigenvalue weighted by atomic mass is 10.2. The molecule has 4 heterocycles. The zero-order valence-electron chi connectivity index (χ0n) is 17.3. The van der Waals surface area contributed by atoms with Crippen LogP contribution in [0.4, 0.5) is 0 Å². The summed E-state index contributed by atoms with van der Waals surface area (Å²) >= 11 is 0. The van der Waals surface area contributed by atoms with Gasteiger partial charge in [-0.1, -0.05) is 12.1 Å². The van der Waals surface area contributed by atoms with Crippen molar-refractivity contribution in [2.24, 2.45) is 0 Å². The second kappa shape index (κ2) is 8.49. The van der Waals surface area contributed by atoms with Gasteiger partial charge >= 0.3 is 0 Å². The third-order valence-electron chi connectivity index (χ3n) is 5.89. The molecule has 0 aromatic carbocycles. The number of aromatic nitrogens is 2. The van der Waals surface area contributed by atoms with Gasteiger partial charge < -0.3 is 14.0 Å². The summed E-state index contributed by atoms with van der Waals surface area (Å²) in [5.74, 6) is 0.245. The fourth-order valence-corrected chi connectivity index (χ4v) is 6.02. The van der Waals surface area contributed by atoms with Gasteiger partial charge in [0.15, 0.2) is 15.5 Å². The molecule has 2 aromatic heterocycles. The van der Waals surface area contributed by atoms with Crippen LogP contribution in [0.3, 0.4) is 0 Å². The molecular formula is C21H28N4O4S. The Morgan fingerprint density at radius 3 is 2.83 bits per heavy atom. The highest BCUT2D eigenvalue weighted by Gasteiger charge is 2.34. The molecule has 8 nitrogen and oxygen atoms in total. The number of pyridine rings is 1. The van der Waals surface area contributed by atoms with Gasteiger partial charge in [0.05, 0.1) is 30.4 Å². The molecule has 2 saturated heterocycles. The molecule has 1 amide bonds. The van der Waals surface area contributed by atoms with Crippen LogP contribution in [0.2, 0.25) is 0 Å². The van der Waals surface area contributed by atoms with Crippen molar-refractivity contribution in [3.8, 4) is 0 Å². The molecule has 0 N–H and O–H groups in total. The maximum absolute atomic E-state index is 13.3. The van der Waals surface area contributed by atoms with E-state index >= 15 is 0 Å². The third-order valence-corrected chi connectivity index (χ3v) is 7.64. The first-order chi connectivity index (χ1) is 14.4. The number of sulfone groups is 1. The smallest absolute Gasteiger partial charge is 0.274 e. The summed E-state index contributed by atoms with van der Waals surface area (Å²) in [4.78, 5) is 21.9. The number of morpholine rings is 1. The van der Waals surface area contributed by atoms with E-state index < -0.39 is 9.84 Å². The summed E-state index contributed by atoms with van der Waals surface area (Å²) in [7, 11) is -3.02. The Bertz CT molecular complexity index is 1060. The van der Waals surface area contributed by atoms with Crippen LogP contribution in [0, 0.1) is 6.92 Å². The largest absolute Gasteiger partial charge is 0.378 e. The minimum absolute atomic E-state index is 0.0882. The van der Waals surface area contributed by atoms with Gasteiger partial charge in [0.1, 0.15) is 5.65 Å². The zero-order chi connectivity index (χ0) is 21.3. The second-order valence-electron chi connectivity index (χ2n) is 7.97. The highest BCUT2D eigenvalue weighted by atomic mass is 32.2. The Hall–Kier alpha value is -2.23. The summed E-state index contributed by atoms with van der Waals surface area (Å²) < 4.78 is 31.4. The Kier molecular flexibility index (Phi) is 5.95. The average molecular weight is 433 g/mol. The lowest BCUT2D eigenvalue weighted by molar-refractivity contribution is 0.0297. The van der Waals surface area contributed by atoms with Crippen molar-refractivity contribution in [1.29, 1.82) is 0 Å². The number of hydrogen-bond acceptors (Lipinski definition) is 6. The van der Waals surface area contributed by atoms with Crippen molar-refractivity contribution >= 4 is 21.4 Å². The molecule has 2 aliphatic heterocycles. The van der Waals surface area contributed by atoms with Crippen molar-refractivity contribution in [1.82, 2.24) is 19.2 Å². The summed E-state index contributed by atoms with van der Waals surface area (Å²) in [6, 6.07) is 3.82. The third kappa shape index (κ3) is 4.14. The van der Waals surface area contributed by atoms with Crippen molar-refractivity contribution in [2.75, 3.05) is 44.4 Å². The molecular weight excluding hydrogens is 404 g/mol. The monoisotopic (exact) mass is 432 g/mol. The number of carbonyl (C=O) groups is 1. The van der Waals surface area contributed by atoms with E-state index in [4.69, 9.17) is 9.72 Å². The Balaban J connectivity index is 1.73. The van der Waals surface area contributed by atoms with Gasteiger partial charge in [0.2, 0.25) is 0 Å². The predicted molar refractivity (Wildman–Crippen MR) is 114 cm³/mol. The SMILES string of the molecule is C=CCN(Cc1c(C(=O)N2CCOCC2)nc2c(C)cccn12)C1CCS(=O)(=O)C1. The molecule has 4 rings (SSSR count). The van der Waals surface area contributed by atoms with Crippen LogP contribution in [0.15, 0.2) is 31.0 Å². The molecule has 2 aliphatic rings. The number of rotatable bonds is 6. The normalized spacial score (nSPS) is 21.4. The van der Waals surface area contributed by atoms with Crippen LogP contribution in [-0.2, 0) is 21.1 Å². The molecule has 0 aliphatic carbocycles. The average Bonchev–Trinajstić information content (AvgIpc) is 3.29. The number of imidazole rings is 1. The van der Waals surface area contributed by atoms with E-state index in [2.05, 4.69) is 11.5 Å². The standard InChI is InChI=1S/C21H28N4O4S/c1-3-7-24(17-6-13-30(27,28)15-17)14-18-19(21(26)23-9-11-29-12-10-23)22-20-16(2)5-4-8-25(18)20/h3-5,8,17H,1,6-7,9-15H2,2H3. The van der Waals surface area contributed by atoms with Crippen molar-refractivity contribution in [3.63, 3.8) is 0 Å². The van der Waals surface area contributed by atoms with E-state index in [9.17, 15) is 13.2 Å². The van der Waals surface area contributed by atoms with Crippen molar-refractivity contribution in [2.45, 2.75) is 25.9 Å². The van der Waals surface area contributed by atoms with Gasteiger partial charge in [-0.3, -0.25) is 9.69 Å². The molecule has 2 aromatic rings. The molecule has 1 unspecified atom stereocenters. The maximum Gasteiger partial charge on any atom is 0.274 e. The van der Waals surface area contributed by atoms with E-state index in [0.29, 0.717) is 51.5 Å². The Morgan fingerprint density at radius 2 is 2.17 bits per heavy atom. The molecule has 30 heavy (non-hydrogen) atoms. The number of aryl methyl sites for hydroxylation is 1. The van der Waals surface area contributed by atoms with E-state index in [0.717, 1.165) is 16.9 Å². The summed E-state index contributed by atoms with van der Waals surface area (Å²) in [5.41, 5.74) is 2.96. The van der Waals surface area contributed by atoms with Crippen LogP contribution in [-0.4, -0.2) is 83.9 Å². The molecule has 0 bridgehead atoms. The number of hydrogen-bond donors (Lipinski definition) is 0. The van der Waals surface area contributed by atoms with Crippen LogP contribution in [0.25, 0.3) is 5.65 Å². The lowest BCUT2D eigenvalue weighted by Gasteiger charge is -2.28. The van der Waals surface area contributed by atoms with Crippen LogP contribution in [0.1, 0.15) is 28.2 Å². The van der Waals surface area contributed by atoms with Gasteiger partial charge in [-0.15, -0.1) is 6.58 Å². The summed E-state index contributed by atoms with van der Waals surface area (Å²) in [6.07, 6.45) is 4.29. The molecule has 0 saturated carbocycles. The first-order valence-corrected chi connectivity index (χ1v) is 12.1. The van der Waals surface area contributed by atoms with Crippen LogP contribution >= 0.6 is 0 Å². The van der Waals surface area contributed by atoms with E-state index in [1.54, 1.807) is 11.0 Å². The van der Waals surface area contributed by atoms with Crippen molar-refractivity contribution < 1.29 is 17.9 Å². The van der Waals surface area contributed by atoms with Crippen molar-refractivity contribution in [3.05, 3.63) is 47.9 Å². The molecule has 162 valence electrons. The minimum Gasteiger partial charge on any atom is -0.378 e. The highest BCUT2D eigenvalue weighted by Crippen LogP contribution is 2.24. The van der Waals surface area contributed by atoms with E-state index in [1.165, 1.54) is 0 Å². The van der Waals surface area contributed by atoms with Gasteiger partial charge in [0, 0.05) is 38.4 Å². The summed E-state index contributed by atoms with van der Waals surface area (Å²) in [5, 5.41) is 0. The molecule has 1 atom stereocenters. The van der Waals surface area contributed by atoms with Gasteiger partial charge in [-0.05, 0) is 25.0 Å². The lowest BCUT2D eigenvalue weighted by Crippen LogP contribution is -2.42. The topological polar surface area (TPSA) is 84.2 Å². The quantitative estimate of drug-likeness (QED) is 0.640.